The minimum absolute atomic E-state index is 0.153. The van der Waals surface area contributed by atoms with Gasteiger partial charge in [0.05, 0.1) is 13.0 Å². The number of primary amides is 1. The first-order valence-electron chi connectivity index (χ1n) is 9.20. The van der Waals surface area contributed by atoms with E-state index in [1.807, 2.05) is 31.2 Å². The van der Waals surface area contributed by atoms with Crippen LogP contribution in [0.1, 0.15) is 24.3 Å². The fourth-order valence-corrected chi connectivity index (χ4v) is 2.52. The van der Waals surface area contributed by atoms with Gasteiger partial charge >= 0.3 is 0 Å². The molecule has 0 aliphatic carbocycles. The van der Waals surface area contributed by atoms with Crippen molar-refractivity contribution in [2.75, 3.05) is 11.9 Å². The third-order valence-corrected chi connectivity index (χ3v) is 4.09. The summed E-state index contributed by atoms with van der Waals surface area (Å²) in [5, 5.41) is 10.8. The molecule has 0 saturated heterocycles. The van der Waals surface area contributed by atoms with Gasteiger partial charge in [-0.25, -0.2) is 0 Å². The predicted molar refractivity (Wildman–Crippen MR) is 107 cm³/mol. The molecule has 3 N–H and O–H groups in total. The number of aromatic nitrogens is 2. The molecule has 0 aliphatic heterocycles. The number of anilines is 1. The molecule has 1 heterocycles. The van der Waals surface area contributed by atoms with Gasteiger partial charge < -0.3 is 20.2 Å². The van der Waals surface area contributed by atoms with Gasteiger partial charge in [-0.2, -0.15) is 0 Å². The summed E-state index contributed by atoms with van der Waals surface area (Å²) < 4.78 is 11.0. The molecule has 0 unspecified atom stereocenters. The van der Waals surface area contributed by atoms with E-state index in [0.717, 1.165) is 11.1 Å². The van der Waals surface area contributed by atoms with Gasteiger partial charge in [-0.05, 0) is 43.3 Å². The number of nitrogens with one attached hydrogen (secondary N) is 1. The SMILES string of the molecule is Cc1ccc(-c2nnc(CCC(=O)Nc3ccc(OCCC(N)=O)cc3)o2)cc1. The van der Waals surface area contributed by atoms with Crippen molar-refractivity contribution in [2.45, 2.75) is 26.2 Å². The van der Waals surface area contributed by atoms with E-state index in [2.05, 4.69) is 15.5 Å². The Bertz CT molecular complexity index is 965. The van der Waals surface area contributed by atoms with Crippen molar-refractivity contribution >= 4 is 17.5 Å². The van der Waals surface area contributed by atoms with Crippen LogP contribution in [0.25, 0.3) is 11.5 Å². The monoisotopic (exact) mass is 394 g/mol. The minimum atomic E-state index is -0.416. The lowest BCUT2D eigenvalue weighted by Gasteiger charge is -2.07. The van der Waals surface area contributed by atoms with Crippen LogP contribution in [0, 0.1) is 6.92 Å². The van der Waals surface area contributed by atoms with Gasteiger partial charge in [0, 0.05) is 24.1 Å². The fraction of sp³-hybridized carbons (Fsp3) is 0.238. The largest absolute Gasteiger partial charge is 0.493 e. The molecule has 0 fully saturated rings. The molecule has 0 saturated carbocycles. The molecule has 8 nitrogen and oxygen atoms in total. The number of carbonyl (C=O) groups excluding carboxylic acids is 2. The van der Waals surface area contributed by atoms with Gasteiger partial charge in [-0.1, -0.05) is 17.7 Å². The number of nitrogens with two attached hydrogens (primary N) is 1. The maximum atomic E-state index is 12.1. The van der Waals surface area contributed by atoms with E-state index >= 15 is 0 Å². The second kappa shape index (κ2) is 9.50. The average molecular weight is 394 g/mol. The van der Waals surface area contributed by atoms with E-state index in [1.165, 1.54) is 0 Å². The zero-order chi connectivity index (χ0) is 20.6. The Balaban J connectivity index is 1.46. The maximum absolute atomic E-state index is 12.1. The topological polar surface area (TPSA) is 120 Å². The Hall–Kier alpha value is -3.68. The number of carbonyl (C=O) groups is 2. The molecule has 0 aliphatic rings. The normalized spacial score (nSPS) is 10.5. The highest BCUT2D eigenvalue weighted by atomic mass is 16.5. The number of benzene rings is 2. The van der Waals surface area contributed by atoms with Crippen LogP contribution in [0.15, 0.2) is 52.9 Å². The lowest BCUT2D eigenvalue weighted by molar-refractivity contribution is -0.118. The Morgan fingerprint density at radius 2 is 1.76 bits per heavy atom. The highest BCUT2D eigenvalue weighted by Crippen LogP contribution is 2.19. The molecule has 2 aromatic carbocycles. The molecule has 150 valence electrons. The van der Waals surface area contributed by atoms with Crippen LogP contribution in [-0.4, -0.2) is 28.6 Å². The van der Waals surface area contributed by atoms with Gasteiger partial charge in [-0.15, -0.1) is 10.2 Å². The molecule has 3 aromatic rings. The molecule has 1 aromatic heterocycles. The van der Waals surface area contributed by atoms with Gasteiger partial charge in [0.1, 0.15) is 5.75 Å². The van der Waals surface area contributed by atoms with Crippen molar-refractivity contribution < 1.29 is 18.7 Å². The van der Waals surface area contributed by atoms with Gasteiger partial charge in [-0.3, -0.25) is 9.59 Å². The highest BCUT2D eigenvalue weighted by Gasteiger charge is 2.11. The Kier molecular flexibility index (Phi) is 6.57. The molecule has 0 bridgehead atoms. The number of nitrogens with zero attached hydrogens (tertiary/aromatic N) is 2. The lowest BCUT2D eigenvalue weighted by Crippen LogP contribution is -2.14. The highest BCUT2D eigenvalue weighted by molar-refractivity contribution is 5.90. The van der Waals surface area contributed by atoms with Gasteiger partial charge in [0.15, 0.2) is 0 Å². The second-order valence-electron chi connectivity index (χ2n) is 6.50. The molecule has 29 heavy (non-hydrogen) atoms. The van der Waals surface area contributed by atoms with Crippen LogP contribution in [0.3, 0.4) is 0 Å². The van der Waals surface area contributed by atoms with Crippen molar-refractivity contribution in [3.8, 4) is 17.2 Å². The summed E-state index contributed by atoms with van der Waals surface area (Å²) in [6, 6.07) is 14.6. The van der Waals surface area contributed by atoms with Crippen molar-refractivity contribution in [1.29, 1.82) is 0 Å². The zero-order valence-electron chi connectivity index (χ0n) is 16.1. The van der Waals surface area contributed by atoms with Crippen molar-refractivity contribution in [1.82, 2.24) is 10.2 Å². The third kappa shape index (κ3) is 6.17. The van der Waals surface area contributed by atoms with E-state index in [4.69, 9.17) is 14.9 Å². The number of hydrogen-bond acceptors (Lipinski definition) is 6. The minimum Gasteiger partial charge on any atom is -0.493 e. The summed E-state index contributed by atoms with van der Waals surface area (Å²) in [6.07, 6.45) is 0.713. The van der Waals surface area contributed by atoms with E-state index in [9.17, 15) is 9.59 Å². The van der Waals surface area contributed by atoms with E-state index < -0.39 is 5.91 Å². The van der Waals surface area contributed by atoms with Crippen molar-refractivity contribution in [2.24, 2.45) is 5.73 Å². The molecule has 0 radical (unpaired) electrons. The van der Waals surface area contributed by atoms with Crippen LogP contribution in [0.5, 0.6) is 5.75 Å². The third-order valence-electron chi connectivity index (χ3n) is 4.09. The molecule has 2 amide bonds. The number of ether oxygens (including phenoxy) is 1. The maximum Gasteiger partial charge on any atom is 0.247 e. The van der Waals surface area contributed by atoms with Crippen LogP contribution >= 0.6 is 0 Å². The summed E-state index contributed by atoms with van der Waals surface area (Å²) in [7, 11) is 0. The number of rotatable bonds is 9. The molecule has 3 rings (SSSR count). The zero-order valence-corrected chi connectivity index (χ0v) is 16.1. The quantitative estimate of drug-likeness (QED) is 0.576. The van der Waals surface area contributed by atoms with E-state index in [1.54, 1.807) is 24.3 Å². The smallest absolute Gasteiger partial charge is 0.247 e. The number of hydrogen-bond donors (Lipinski definition) is 2. The summed E-state index contributed by atoms with van der Waals surface area (Å²) in [4.78, 5) is 22.8. The number of aryl methyl sites for hydroxylation is 2. The second-order valence-corrected chi connectivity index (χ2v) is 6.50. The van der Waals surface area contributed by atoms with E-state index in [0.29, 0.717) is 29.6 Å². The Morgan fingerprint density at radius 3 is 2.45 bits per heavy atom. The molecule has 0 spiro atoms. The van der Waals surface area contributed by atoms with Crippen LogP contribution in [0.4, 0.5) is 5.69 Å². The predicted octanol–water partition coefficient (Wildman–Crippen LogP) is 2.87. The van der Waals surface area contributed by atoms with Crippen LogP contribution in [-0.2, 0) is 16.0 Å². The van der Waals surface area contributed by atoms with Crippen LogP contribution in [0.2, 0.25) is 0 Å². The first-order valence-corrected chi connectivity index (χ1v) is 9.20. The first-order chi connectivity index (χ1) is 14.0. The Labute approximate surface area is 168 Å². The van der Waals surface area contributed by atoms with Gasteiger partial charge in [0.2, 0.25) is 23.6 Å². The molecule has 0 atom stereocenters. The first kappa shape index (κ1) is 20.1. The summed E-state index contributed by atoms with van der Waals surface area (Å²) >= 11 is 0. The number of amides is 2. The summed E-state index contributed by atoms with van der Waals surface area (Å²) in [6.45, 7) is 2.22. The van der Waals surface area contributed by atoms with Crippen LogP contribution < -0.4 is 15.8 Å². The lowest BCUT2D eigenvalue weighted by atomic mass is 10.1. The average Bonchev–Trinajstić information content (AvgIpc) is 3.17. The van der Waals surface area contributed by atoms with Gasteiger partial charge in [0.25, 0.3) is 0 Å². The summed E-state index contributed by atoms with van der Waals surface area (Å²) in [5.41, 5.74) is 7.70. The van der Waals surface area contributed by atoms with E-state index in [-0.39, 0.29) is 25.4 Å². The fourth-order valence-electron chi connectivity index (χ4n) is 2.52. The summed E-state index contributed by atoms with van der Waals surface area (Å²) in [5.74, 6) is 0.864. The van der Waals surface area contributed by atoms with Crippen molar-refractivity contribution in [3.63, 3.8) is 0 Å². The Morgan fingerprint density at radius 1 is 1.03 bits per heavy atom. The molecular weight excluding hydrogens is 372 g/mol. The standard InChI is InChI=1S/C21H22N4O4/c1-14-2-4-15(5-3-14)21-25-24-20(29-21)11-10-19(27)23-16-6-8-17(9-7-16)28-13-12-18(22)26/h2-9H,10-13H2,1H3,(H2,22,26)(H,23,27). The molecule has 8 heteroatoms. The van der Waals surface area contributed by atoms with Crippen molar-refractivity contribution in [3.05, 3.63) is 60.0 Å². The molecular formula is C21H22N4O4.